The van der Waals surface area contributed by atoms with Crippen LogP contribution in [0.2, 0.25) is 5.02 Å². The molecule has 0 saturated carbocycles. The molecule has 8 heteroatoms. The third-order valence-electron chi connectivity index (χ3n) is 3.21. The molecule has 0 aliphatic heterocycles. The minimum atomic E-state index is -0.938. The highest BCUT2D eigenvalue weighted by molar-refractivity contribution is 6.30. The van der Waals surface area contributed by atoms with Gasteiger partial charge in [-0.05, 0) is 30.7 Å². The van der Waals surface area contributed by atoms with Crippen LogP contribution in [-0.2, 0) is 0 Å². The fourth-order valence-electron chi connectivity index (χ4n) is 2.03. The van der Waals surface area contributed by atoms with E-state index in [0.29, 0.717) is 11.6 Å². The Morgan fingerprint density at radius 1 is 1.30 bits per heavy atom. The molecule has 1 amide bonds. The van der Waals surface area contributed by atoms with Crippen molar-refractivity contribution in [2.75, 3.05) is 6.54 Å². The number of rotatable bonds is 5. The first-order valence-electron chi connectivity index (χ1n) is 7.08. The number of aromatic nitrogens is 2. The van der Waals surface area contributed by atoms with Crippen LogP contribution in [0.5, 0.6) is 5.88 Å². The number of nitrogens with one attached hydrogen (secondary N) is 2. The topological polar surface area (TPSA) is 104 Å². The van der Waals surface area contributed by atoms with Crippen molar-refractivity contribution >= 4 is 17.5 Å². The molecule has 1 aromatic heterocycles. The first-order valence-corrected chi connectivity index (χ1v) is 7.46. The lowest BCUT2D eigenvalue weighted by Gasteiger charge is -2.11. The van der Waals surface area contributed by atoms with Crippen LogP contribution >= 0.6 is 11.6 Å². The fourth-order valence-corrected chi connectivity index (χ4v) is 2.15. The van der Waals surface area contributed by atoms with Crippen molar-refractivity contribution in [2.24, 2.45) is 0 Å². The number of aromatic amines is 1. The Balaban J connectivity index is 2.51. The molecule has 0 radical (unpaired) electrons. The van der Waals surface area contributed by atoms with E-state index in [0.717, 1.165) is 17.4 Å². The Morgan fingerprint density at radius 2 is 1.96 bits per heavy atom. The van der Waals surface area contributed by atoms with Gasteiger partial charge in [-0.15, -0.1) is 0 Å². The predicted molar refractivity (Wildman–Crippen MR) is 86.6 cm³/mol. The molecule has 0 bridgehead atoms. The molecule has 0 fully saturated rings. The number of halogens is 1. The number of aromatic hydroxyl groups is 1. The van der Waals surface area contributed by atoms with Crippen molar-refractivity contribution in [1.82, 2.24) is 14.9 Å². The van der Waals surface area contributed by atoms with E-state index < -0.39 is 28.6 Å². The lowest BCUT2D eigenvalue weighted by molar-refractivity contribution is 0.0947. The molecule has 0 aliphatic carbocycles. The van der Waals surface area contributed by atoms with Gasteiger partial charge in [0.1, 0.15) is 0 Å². The third kappa shape index (κ3) is 3.62. The van der Waals surface area contributed by atoms with Crippen molar-refractivity contribution in [3.05, 3.63) is 55.7 Å². The molecular formula is C15H16ClN3O4. The van der Waals surface area contributed by atoms with E-state index in [1.165, 1.54) is 24.3 Å². The van der Waals surface area contributed by atoms with Crippen molar-refractivity contribution in [2.45, 2.75) is 19.8 Å². The number of H-pyrrole nitrogens is 1. The normalized spacial score (nSPS) is 10.5. The number of hydrogen-bond donors (Lipinski definition) is 3. The van der Waals surface area contributed by atoms with Crippen LogP contribution in [0.4, 0.5) is 0 Å². The van der Waals surface area contributed by atoms with E-state index in [1.54, 1.807) is 0 Å². The van der Waals surface area contributed by atoms with Gasteiger partial charge in [0.05, 0.1) is 5.69 Å². The summed E-state index contributed by atoms with van der Waals surface area (Å²) in [5, 5.41) is 13.2. The van der Waals surface area contributed by atoms with Crippen LogP contribution in [0.25, 0.3) is 5.69 Å². The Labute approximate surface area is 136 Å². The average Bonchev–Trinajstić information content (AvgIpc) is 2.49. The summed E-state index contributed by atoms with van der Waals surface area (Å²) in [7, 11) is 0. The number of benzene rings is 1. The molecule has 0 unspecified atom stereocenters. The van der Waals surface area contributed by atoms with Gasteiger partial charge in [0.2, 0.25) is 5.88 Å². The summed E-state index contributed by atoms with van der Waals surface area (Å²) in [5.41, 5.74) is -2.02. The van der Waals surface area contributed by atoms with E-state index in [-0.39, 0.29) is 5.69 Å². The summed E-state index contributed by atoms with van der Waals surface area (Å²) < 4.78 is 0.840. The Bertz CT molecular complexity index is 824. The summed E-state index contributed by atoms with van der Waals surface area (Å²) >= 11 is 5.78. The lowest BCUT2D eigenvalue weighted by atomic mass is 10.2. The van der Waals surface area contributed by atoms with Crippen LogP contribution in [0.1, 0.15) is 30.1 Å². The molecule has 1 aromatic carbocycles. The third-order valence-corrected chi connectivity index (χ3v) is 3.47. The zero-order valence-electron chi connectivity index (χ0n) is 12.4. The molecule has 7 nitrogen and oxygen atoms in total. The summed E-state index contributed by atoms with van der Waals surface area (Å²) in [6.07, 6.45) is 1.61. The monoisotopic (exact) mass is 337 g/mol. The highest BCUT2D eigenvalue weighted by Crippen LogP contribution is 2.18. The van der Waals surface area contributed by atoms with Gasteiger partial charge >= 0.3 is 5.69 Å². The molecule has 3 N–H and O–H groups in total. The zero-order chi connectivity index (χ0) is 17.0. The number of nitrogens with zero attached hydrogens (tertiary/aromatic N) is 1. The number of carbonyl (C=O) groups is 1. The molecule has 23 heavy (non-hydrogen) atoms. The van der Waals surface area contributed by atoms with E-state index in [2.05, 4.69) is 5.32 Å². The maximum atomic E-state index is 12.1. The molecule has 0 saturated heterocycles. The standard InChI is InChI=1S/C15H16ClN3O4/c1-2-3-8-17-12(20)11-13(21)18-15(23)19(14(11)22)10-6-4-9(16)5-7-10/h4-7,22H,2-3,8H2,1H3,(H,17,20)(H,18,21,23). The van der Waals surface area contributed by atoms with Gasteiger partial charge in [-0.2, -0.15) is 0 Å². The van der Waals surface area contributed by atoms with Gasteiger partial charge < -0.3 is 10.4 Å². The maximum absolute atomic E-state index is 12.1. The van der Waals surface area contributed by atoms with Crippen LogP contribution in [0.15, 0.2) is 33.9 Å². The van der Waals surface area contributed by atoms with E-state index in [4.69, 9.17) is 11.6 Å². The Hall–Kier alpha value is -2.54. The molecule has 1 heterocycles. The number of carbonyl (C=O) groups excluding carboxylic acids is 1. The predicted octanol–water partition coefficient (Wildman–Crippen LogP) is 1.41. The molecule has 2 rings (SSSR count). The minimum absolute atomic E-state index is 0.274. The SMILES string of the molecule is CCCCNC(=O)c1c(O)n(-c2ccc(Cl)cc2)c(=O)[nH]c1=O. The molecule has 0 atom stereocenters. The van der Waals surface area contributed by atoms with Crippen LogP contribution in [0.3, 0.4) is 0 Å². The molecule has 0 aliphatic rings. The smallest absolute Gasteiger partial charge is 0.335 e. The fraction of sp³-hybridized carbons (Fsp3) is 0.267. The molecular weight excluding hydrogens is 322 g/mol. The van der Waals surface area contributed by atoms with Gasteiger partial charge in [0.15, 0.2) is 5.56 Å². The van der Waals surface area contributed by atoms with Gasteiger partial charge in [-0.1, -0.05) is 24.9 Å². The van der Waals surface area contributed by atoms with E-state index in [9.17, 15) is 19.5 Å². The second-order valence-corrected chi connectivity index (χ2v) is 5.32. The van der Waals surface area contributed by atoms with Crippen LogP contribution in [-0.4, -0.2) is 27.1 Å². The van der Waals surface area contributed by atoms with Gasteiger partial charge in [-0.3, -0.25) is 14.6 Å². The van der Waals surface area contributed by atoms with Crippen molar-refractivity contribution in [3.8, 4) is 11.6 Å². The summed E-state index contributed by atoms with van der Waals surface area (Å²) in [4.78, 5) is 37.9. The number of amides is 1. The lowest BCUT2D eigenvalue weighted by Crippen LogP contribution is -2.37. The summed E-state index contributed by atoms with van der Waals surface area (Å²) in [5.74, 6) is -1.45. The Kier molecular flexibility index (Phi) is 5.23. The second-order valence-electron chi connectivity index (χ2n) is 4.88. The largest absolute Gasteiger partial charge is 0.493 e. The highest BCUT2D eigenvalue weighted by Gasteiger charge is 2.21. The van der Waals surface area contributed by atoms with E-state index in [1.807, 2.05) is 11.9 Å². The van der Waals surface area contributed by atoms with E-state index >= 15 is 0 Å². The van der Waals surface area contributed by atoms with Gasteiger partial charge in [0.25, 0.3) is 11.5 Å². The Morgan fingerprint density at radius 3 is 2.57 bits per heavy atom. The van der Waals surface area contributed by atoms with Crippen LogP contribution < -0.4 is 16.6 Å². The minimum Gasteiger partial charge on any atom is -0.493 e. The first-order chi connectivity index (χ1) is 11.0. The van der Waals surface area contributed by atoms with Crippen molar-refractivity contribution in [3.63, 3.8) is 0 Å². The summed E-state index contributed by atoms with van der Waals surface area (Å²) in [6, 6.07) is 6.02. The highest BCUT2D eigenvalue weighted by atomic mass is 35.5. The first kappa shape index (κ1) is 16.8. The number of unbranched alkanes of at least 4 members (excludes halogenated alkanes) is 1. The van der Waals surface area contributed by atoms with Gasteiger partial charge in [-0.25, -0.2) is 9.36 Å². The quantitative estimate of drug-likeness (QED) is 0.717. The zero-order valence-corrected chi connectivity index (χ0v) is 13.2. The second kappa shape index (κ2) is 7.15. The maximum Gasteiger partial charge on any atom is 0.335 e. The summed E-state index contributed by atoms with van der Waals surface area (Å²) in [6.45, 7) is 2.32. The molecule has 122 valence electrons. The number of hydrogen-bond acceptors (Lipinski definition) is 4. The molecule has 0 spiro atoms. The van der Waals surface area contributed by atoms with Crippen LogP contribution in [0, 0.1) is 0 Å². The van der Waals surface area contributed by atoms with Crippen molar-refractivity contribution in [1.29, 1.82) is 0 Å². The molecule has 2 aromatic rings. The van der Waals surface area contributed by atoms with Crippen molar-refractivity contribution < 1.29 is 9.90 Å². The average molecular weight is 338 g/mol. The van der Waals surface area contributed by atoms with Gasteiger partial charge in [0, 0.05) is 11.6 Å².